The van der Waals surface area contributed by atoms with Gasteiger partial charge < -0.3 is 34.2 Å². The minimum absolute atomic E-state index is 0.0942. The summed E-state index contributed by atoms with van der Waals surface area (Å²) in [5.41, 5.74) is 0. The molecule has 0 aromatic rings. The number of ether oxygens (including phenoxy) is 3. The van der Waals surface area contributed by atoms with Crippen molar-refractivity contribution < 1.29 is 75.8 Å². The molecule has 0 aliphatic rings. The number of phosphoric ester groups is 2. The molecule has 0 amide bonds. The van der Waals surface area contributed by atoms with Crippen LogP contribution >= 0.6 is 15.6 Å². The molecule has 0 aliphatic carbocycles. The Labute approximate surface area is 527 Å². The largest absolute Gasteiger partial charge is 0.472 e. The number of hydrogen-bond acceptors (Lipinski definition) is 14. The second-order valence-corrected chi connectivity index (χ2v) is 25.5. The van der Waals surface area contributed by atoms with Crippen LogP contribution in [0.5, 0.6) is 0 Å². The fourth-order valence-corrected chi connectivity index (χ4v) is 10.4. The number of allylic oxidation sites excluding steroid dienone is 14. The van der Waals surface area contributed by atoms with E-state index in [2.05, 4.69) is 106 Å². The van der Waals surface area contributed by atoms with Gasteiger partial charge in [-0.15, -0.1) is 0 Å². The summed E-state index contributed by atoms with van der Waals surface area (Å²) in [5.74, 6) is -1.59. The zero-order valence-corrected chi connectivity index (χ0v) is 56.2. The molecule has 16 nitrogen and oxygen atoms in total. The minimum atomic E-state index is -4.91. The van der Waals surface area contributed by atoms with Crippen LogP contribution in [-0.4, -0.2) is 95.9 Å². The summed E-state index contributed by atoms with van der Waals surface area (Å²) in [5, 5.41) is 20.5. The molecular weight excluding hydrogens is 1150 g/mol. The highest BCUT2D eigenvalue weighted by Gasteiger charge is 2.29. The van der Waals surface area contributed by atoms with E-state index in [0.29, 0.717) is 19.3 Å². The molecule has 0 rings (SSSR count). The second-order valence-electron chi connectivity index (χ2n) is 22.6. The molecule has 0 heterocycles. The average Bonchev–Trinajstić information content (AvgIpc) is 3.62. The maximum absolute atomic E-state index is 12.8. The molecule has 18 heteroatoms. The number of aliphatic hydroxyl groups is 2. The van der Waals surface area contributed by atoms with Crippen LogP contribution in [0.15, 0.2) is 85.1 Å². The molecule has 5 unspecified atom stereocenters. The van der Waals surface area contributed by atoms with E-state index >= 15 is 0 Å². The van der Waals surface area contributed by atoms with Gasteiger partial charge in [-0.25, -0.2) is 9.13 Å². The Kier molecular flexibility index (Phi) is 60.5. The predicted molar refractivity (Wildman–Crippen MR) is 353 cm³/mol. The van der Waals surface area contributed by atoms with Crippen molar-refractivity contribution in [3.8, 4) is 0 Å². The third-order valence-corrected chi connectivity index (χ3v) is 16.0. The lowest BCUT2D eigenvalue weighted by Crippen LogP contribution is -2.30. The number of phosphoric acid groups is 2. The van der Waals surface area contributed by atoms with Crippen LogP contribution in [0.25, 0.3) is 0 Å². The number of unbranched alkanes of at least 4 members (excludes halogenated alkanes) is 27. The van der Waals surface area contributed by atoms with Crippen molar-refractivity contribution in [1.29, 1.82) is 0 Å². The van der Waals surface area contributed by atoms with E-state index in [-0.39, 0.29) is 19.3 Å². The Morgan fingerprint density at radius 2 is 0.609 bits per heavy atom. The number of hydrogen-bond donors (Lipinski definition) is 4. The molecule has 0 saturated carbocycles. The predicted octanol–water partition coefficient (Wildman–Crippen LogP) is 18.5. The van der Waals surface area contributed by atoms with Crippen molar-refractivity contribution in [3.63, 3.8) is 0 Å². The lowest BCUT2D eigenvalue weighted by Gasteiger charge is -2.21. The highest BCUT2D eigenvalue weighted by molar-refractivity contribution is 7.47. The van der Waals surface area contributed by atoms with E-state index in [1.807, 2.05) is 0 Å². The number of carbonyl (C=O) groups is 3. The Bertz CT molecular complexity index is 1930. The summed E-state index contributed by atoms with van der Waals surface area (Å²) in [4.78, 5) is 58.1. The van der Waals surface area contributed by atoms with E-state index in [1.165, 1.54) is 83.5 Å². The first-order valence-corrected chi connectivity index (χ1v) is 36.9. The lowest BCUT2D eigenvalue weighted by atomic mass is 10.0. The Hall–Kier alpha value is -3.27. The van der Waals surface area contributed by atoms with Gasteiger partial charge in [-0.1, -0.05) is 241 Å². The van der Waals surface area contributed by atoms with Crippen molar-refractivity contribution in [2.24, 2.45) is 0 Å². The van der Waals surface area contributed by atoms with Gasteiger partial charge in [-0.05, 0) is 103 Å². The first kappa shape index (κ1) is 83.7. The van der Waals surface area contributed by atoms with E-state index < -0.39 is 91.5 Å². The Balaban J connectivity index is 4.35. The van der Waals surface area contributed by atoms with Crippen LogP contribution in [0.4, 0.5) is 0 Å². The lowest BCUT2D eigenvalue weighted by molar-refractivity contribution is -0.161. The summed E-state index contributed by atoms with van der Waals surface area (Å²) < 4.78 is 60.7. The minimum Gasteiger partial charge on any atom is -0.463 e. The molecule has 504 valence electrons. The van der Waals surface area contributed by atoms with Crippen molar-refractivity contribution >= 4 is 33.6 Å². The molecule has 5 atom stereocenters. The summed E-state index contributed by atoms with van der Waals surface area (Å²) in [6.45, 7) is 2.45. The molecule has 0 saturated heterocycles. The summed E-state index contributed by atoms with van der Waals surface area (Å²) in [7, 11) is -9.76. The highest BCUT2D eigenvalue weighted by atomic mass is 31.2. The fraction of sp³-hybridized carbons (Fsp3) is 0.754. The average molecular weight is 1270 g/mol. The van der Waals surface area contributed by atoms with Crippen LogP contribution in [0, 0.1) is 0 Å². The summed E-state index contributed by atoms with van der Waals surface area (Å²) in [6, 6.07) is 0. The van der Waals surface area contributed by atoms with Crippen LogP contribution in [0.2, 0.25) is 0 Å². The van der Waals surface area contributed by atoms with Gasteiger partial charge in [-0.2, -0.15) is 0 Å². The second kappa shape index (κ2) is 62.9. The quantitative estimate of drug-likeness (QED) is 0.0146. The van der Waals surface area contributed by atoms with Crippen LogP contribution in [-0.2, 0) is 55.8 Å². The monoisotopic (exact) mass is 1270 g/mol. The van der Waals surface area contributed by atoms with E-state index in [9.17, 15) is 43.5 Å². The molecule has 4 N–H and O–H groups in total. The van der Waals surface area contributed by atoms with Gasteiger partial charge in [0, 0.05) is 19.3 Å². The summed E-state index contributed by atoms with van der Waals surface area (Å²) >= 11 is 0. The number of esters is 3. The van der Waals surface area contributed by atoms with Crippen LogP contribution < -0.4 is 0 Å². The van der Waals surface area contributed by atoms with Gasteiger partial charge in [0.25, 0.3) is 0 Å². The van der Waals surface area contributed by atoms with Crippen LogP contribution in [0.1, 0.15) is 278 Å². The van der Waals surface area contributed by atoms with Crippen molar-refractivity contribution in [2.75, 3.05) is 39.6 Å². The number of carbonyl (C=O) groups excluding carboxylic acids is 3. The normalized spacial score (nSPS) is 14.8. The van der Waals surface area contributed by atoms with Gasteiger partial charge in [0.2, 0.25) is 0 Å². The molecule has 0 fully saturated rings. The molecule has 0 aromatic heterocycles. The number of aliphatic hydroxyl groups excluding tert-OH is 2. The molecule has 0 radical (unpaired) electrons. The molecule has 0 aromatic carbocycles. The molecule has 0 spiro atoms. The van der Waals surface area contributed by atoms with Gasteiger partial charge in [0.15, 0.2) is 6.10 Å². The van der Waals surface area contributed by atoms with Crippen molar-refractivity contribution in [2.45, 2.75) is 296 Å². The maximum atomic E-state index is 12.8. The van der Waals surface area contributed by atoms with Gasteiger partial charge in [0.1, 0.15) is 25.4 Å². The standard InChI is InChI=1S/C69H122O16P2/c1-4-7-10-13-16-19-22-23-24-25-26-27-28-29-30-31-32-33-34-35-36-37-38-39-42-44-46-49-52-55-67(72)79-58-64(70)59-81-86(75,76)82-60-65(71)61-83-87(77,78)84-63-66(85-69(74)57-54-51-48-45-41-21-18-15-12-9-6-3)62-80-68(73)56-53-50-47-43-40-20-17-14-11-8-5-2/h7,10,14-19,23-24,26-27,29-30,64-66,70-71H,4-6,8-9,11-13,20-22,25,28,31-63H2,1-3H3,(H,75,76)(H,77,78)/b10-7-,17-14-,18-15-,19-16-,24-23-,27-26-,30-29-. The fourth-order valence-electron chi connectivity index (χ4n) is 8.85. The number of rotatable bonds is 64. The molecule has 87 heavy (non-hydrogen) atoms. The van der Waals surface area contributed by atoms with Gasteiger partial charge in [0.05, 0.1) is 26.4 Å². The smallest absolute Gasteiger partial charge is 0.463 e. The molecule has 0 aliphatic heterocycles. The molecular formula is C69H122O16P2. The third kappa shape index (κ3) is 64.1. The molecule has 0 bridgehead atoms. The third-order valence-electron chi connectivity index (χ3n) is 14.1. The summed E-state index contributed by atoms with van der Waals surface area (Å²) in [6.07, 6.45) is 66.8. The van der Waals surface area contributed by atoms with E-state index in [4.69, 9.17) is 32.3 Å². The first-order chi connectivity index (χ1) is 42.2. The van der Waals surface area contributed by atoms with Gasteiger partial charge >= 0.3 is 33.6 Å². The van der Waals surface area contributed by atoms with Crippen molar-refractivity contribution in [1.82, 2.24) is 0 Å². The Morgan fingerprint density at radius 3 is 0.977 bits per heavy atom. The SMILES string of the molecule is CC/C=C\C/C=C\C/C=C\C/C=C\C/C=C\CCCCCCCCCCCCCCCC(=O)OCC(O)COP(=O)(O)OCC(O)COP(=O)(O)OCC(COC(=O)CCCCCCC/C=C\CCCC)OC(=O)CCCCCCC/C=C\CCCC. The zero-order valence-electron chi connectivity index (χ0n) is 54.4. The zero-order chi connectivity index (χ0) is 63.8. The van der Waals surface area contributed by atoms with E-state index in [1.54, 1.807) is 0 Å². The van der Waals surface area contributed by atoms with Gasteiger partial charge in [-0.3, -0.25) is 32.5 Å². The van der Waals surface area contributed by atoms with Crippen LogP contribution in [0.3, 0.4) is 0 Å². The Morgan fingerprint density at radius 1 is 0.333 bits per heavy atom. The first-order valence-electron chi connectivity index (χ1n) is 33.9. The highest BCUT2D eigenvalue weighted by Crippen LogP contribution is 2.45. The van der Waals surface area contributed by atoms with E-state index in [0.717, 1.165) is 135 Å². The maximum Gasteiger partial charge on any atom is 0.472 e. The van der Waals surface area contributed by atoms with Crippen molar-refractivity contribution in [3.05, 3.63) is 85.1 Å². The topological polar surface area (TPSA) is 231 Å².